The van der Waals surface area contributed by atoms with E-state index in [1.165, 1.54) is 0 Å². The molecule has 0 spiro atoms. The van der Waals surface area contributed by atoms with E-state index in [1.54, 1.807) is 12.1 Å². The van der Waals surface area contributed by atoms with E-state index < -0.39 is 29.0 Å². The van der Waals surface area contributed by atoms with Gasteiger partial charge < -0.3 is 9.13 Å². The van der Waals surface area contributed by atoms with Gasteiger partial charge in [0.25, 0.3) is 0 Å². The lowest BCUT2D eigenvalue weighted by Crippen LogP contribution is -2.14. The van der Waals surface area contributed by atoms with Gasteiger partial charge in [0.1, 0.15) is 0 Å². The minimum atomic E-state index is -5.18. The van der Waals surface area contributed by atoms with Crippen molar-refractivity contribution < 1.29 is 26.3 Å². The number of fused-ring (bicyclic) bond motifs is 6. The molecule has 282 valence electrons. The molecule has 0 bridgehead atoms. The van der Waals surface area contributed by atoms with Crippen molar-refractivity contribution in [1.82, 2.24) is 9.13 Å². The van der Waals surface area contributed by atoms with Crippen LogP contribution in [0.5, 0.6) is 0 Å². The highest BCUT2D eigenvalue weighted by Gasteiger charge is 2.40. The smallest absolute Gasteiger partial charge is 0.308 e. The van der Waals surface area contributed by atoms with Crippen molar-refractivity contribution in [2.75, 3.05) is 0 Å². The van der Waals surface area contributed by atoms with Crippen molar-refractivity contribution >= 4 is 43.6 Å². The molecule has 6 aromatic carbocycles. The summed E-state index contributed by atoms with van der Waals surface area (Å²) in [6.45, 7) is 12.4. The van der Waals surface area contributed by atoms with E-state index in [4.69, 9.17) is 0 Å². The normalized spacial score (nSPS) is 13.0. The fourth-order valence-electron chi connectivity index (χ4n) is 7.87. The van der Waals surface area contributed by atoms with Crippen molar-refractivity contribution in [2.24, 2.45) is 0 Å². The van der Waals surface area contributed by atoms with Crippen molar-refractivity contribution in [3.8, 4) is 28.6 Å². The molecule has 0 saturated carbocycles. The molecule has 0 radical (unpaired) electrons. The lowest BCUT2D eigenvalue weighted by atomic mass is 9.86. The second-order valence-electron chi connectivity index (χ2n) is 16.4. The molecule has 0 unspecified atom stereocenters. The predicted molar refractivity (Wildman–Crippen MR) is 213 cm³/mol. The molecule has 8 aromatic rings. The highest BCUT2D eigenvalue weighted by atomic mass is 19.4. The quantitative estimate of drug-likeness (QED) is 0.165. The minimum Gasteiger partial charge on any atom is -0.308 e. The largest absolute Gasteiger partial charge is 0.417 e. The van der Waals surface area contributed by atoms with Crippen LogP contribution in [0.4, 0.5) is 26.3 Å². The Hall–Kier alpha value is -6.01. The van der Waals surface area contributed by atoms with E-state index in [2.05, 4.69) is 47.6 Å². The number of hydrogen-bond donors (Lipinski definition) is 0. The summed E-state index contributed by atoms with van der Waals surface area (Å²) >= 11 is 0. The summed E-state index contributed by atoms with van der Waals surface area (Å²) in [4.78, 5) is 0. The SMILES string of the molecule is CC(C)(C)c1ccc2c3ccccc3n(-c3cc(C#N)cc(-n4c5ccccc5c5ccc(C(C)(C)C)cc54)c3-c3ccc(C(F)(F)F)cc3C(F)(F)F)c2c1. The van der Waals surface area contributed by atoms with E-state index in [-0.39, 0.29) is 39.4 Å². The molecule has 0 atom stereocenters. The highest BCUT2D eigenvalue weighted by molar-refractivity contribution is 6.12. The first-order valence-electron chi connectivity index (χ1n) is 18.2. The molecule has 0 aliphatic heterocycles. The molecule has 0 saturated heterocycles. The third-order valence-corrected chi connectivity index (χ3v) is 10.7. The number of rotatable bonds is 3. The Morgan fingerprint density at radius 2 is 0.893 bits per heavy atom. The van der Waals surface area contributed by atoms with Gasteiger partial charge in [-0.2, -0.15) is 31.6 Å². The van der Waals surface area contributed by atoms with Crippen molar-refractivity contribution in [3.05, 3.63) is 143 Å². The second kappa shape index (κ2) is 12.5. The molecule has 2 heterocycles. The van der Waals surface area contributed by atoms with Crippen LogP contribution in [0.3, 0.4) is 0 Å². The van der Waals surface area contributed by atoms with E-state index in [1.807, 2.05) is 94.1 Å². The molecule has 2 aromatic heterocycles. The van der Waals surface area contributed by atoms with Gasteiger partial charge in [-0.1, -0.05) is 108 Å². The number of para-hydroxylation sites is 2. The van der Waals surface area contributed by atoms with Crippen LogP contribution in [0.1, 0.15) is 69.4 Å². The summed E-state index contributed by atoms with van der Waals surface area (Å²) in [6, 6.07) is 34.2. The first-order chi connectivity index (χ1) is 26.3. The number of benzene rings is 6. The minimum absolute atomic E-state index is 0.0256. The third-order valence-electron chi connectivity index (χ3n) is 10.7. The van der Waals surface area contributed by atoms with E-state index in [0.717, 1.165) is 38.7 Å². The topological polar surface area (TPSA) is 33.6 Å². The summed E-state index contributed by atoms with van der Waals surface area (Å²) in [5.74, 6) is 0. The first kappa shape index (κ1) is 36.9. The van der Waals surface area contributed by atoms with Crippen LogP contribution >= 0.6 is 0 Å². The Labute approximate surface area is 320 Å². The van der Waals surface area contributed by atoms with Crippen LogP contribution < -0.4 is 0 Å². The van der Waals surface area contributed by atoms with Gasteiger partial charge in [-0.3, -0.25) is 0 Å². The summed E-state index contributed by atoms with van der Waals surface area (Å²) in [7, 11) is 0. The number of alkyl halides is 6. The van der Waals surface area contributed by atoms with E-state index in [9.17, 15) is 18.4 Å². The number of nitrogens with zero attached hydrogens (tertiary/aromatic N) is 3. The Bertz CT molecular complexity index is 2770. The average molecular weight is 758 g/mol. The molecule has 3 nitrogen and oxygen atoms in total. The number of aromatic nitrogens is 2. The van der Waals surface area contributed by atoms with Crippen LogP contribution in [0.2, 0.25) is 0 Å². The average Bonchev–Trinajstić information content (AvgIpc) is 3.64. The molecule has 0 aliphatic carbocycles. The number of halogens is 6. The van der Waals surface area contributed by atoms with Crippen LogP contribution in [0, 0.1) is 11.3 Å². The van der Waals surface area contributed by atoms with Gasteiger partial charge in [-0.25, -0.2) is 0 Å². The molecule has 0 aliphatic rings. The Morgan fingerprint density at radius 3 is 1.30 bits per heavy atom. The fraction of sp³-hybridized carbons (Fsp3) is 0.213. The van der Waals surface area contributed by atoms with Crippen LogP contribution in [-0.2, 0) is 23.2 Å². The molecule has 8 rings (SSSR count). The van der Waals surface area contributed by atoms with Gasteiger partial charge >= 0.3 is 12.4 Å². The van der Waals surface area contributed by atoms with Gasteiger partial charge in [0, 0.05) is 27.1 Å². The molecule has 0 fully saturated rings. The zero-order valence-electron chi connectivity index (χ0n) is 31.6. The maximum absolute atomic E-state index is 15.3. The number of hydrogen-bond acceptors (Lipinski definition) is 1. The van der Waals surface area contributed by atoms with Crippen LogP contribution in [0.25, 0.3) is 66.1 Å². The van der Waals surface area contributed by atoms with Crippen LogP contribution in [0.15, 0.2) is 115 Å². The van der Waals surface area contributed by atoms with E-state index >= 15 is 13.2 Å². The van der Waals surface area contributed by atoms with Gasteiger partial charge in [0.15, 0.2) is 0 Å². The van der Waals surface area contributed by atoms with E-state index in [0.29, 0.717) is 28.1 Å². The summed E-state index contributed by atoms with van der Waals surface area (Å²) in [5.41, 5.74) is 1.34. The lowest BCUT2D eigenvalue weighted by Gasteiger charge is -2.25. The maximum atomic E-state index is 15.3. The van der Waals surface area contributed by atoms with Crippen molar-refractivity contribution in [1.29, 1.82) is 5.26 Å². The lowest BCUT2D eigenvalue weighted by molar-refractivity contribution is -0.142. The Morgan fingerprint density at radius 1 is 0.464 bits per heavy atom. The van der Waals surface area contributed by atoms with Gasteiger partial charge in [0.2, 0.25) is 0 Å². The summed E-state index contributed by atoms with van der Waals surface area (Å²) < 4.78 is 92.2. The molecule has 56 heavy (non-hydrogen) atoms. The van der Waals surface area contributed by atoms with Gasteiger partial charge in [0.05, 0.1) is 56.2 Å². The summed E-state index contributed by atoms with van der Waals surface area (Å²) in [6.07, 6.45) is -10.2. The second-order valence-corrected chi connectivity index (χ2v) is 16.4. The molecular weight excluding hydrogens is 721 g/mol. The molecule has 0 amide bonds. The predicted octanol–water partition coefficient (Wildman–Crippen LogP) is 14.1. The monoisotopic (exact) mass is 757 g/mol. The Kier molecular flexibility index (Phi) is 8.25. The first-order valence-corrected chi connectivity index (χ1v) is 18.2. The van der Waals surface area contributed by atoms with Crippen LogP contribution in [-0.4, -0.2) is 9.13 Å². The van der Waals surface area contributed by atoms with Gasteiger partial charge in [-0.05, 0) is 76.1 Å². The highest BCUT2D eigenvalue weighted by Crippen LogP contribution is 2.48. The zero-order chi connectivity index (χ0) is 40.1. The Balaban J connectivity index is 1.64. The third kappa shape index (κ3) is 5.99. The molecule has 0 N–H and O–H groups in total. The maximum Gasteiger partial charge on any atom is 0.417 e. The molecular formula is C47H37F6N3. The van der Waals surface area contributed by atoms with Crippen molar-refractivity contribution in [3.63, 3.8) is 0 Å². The fourth-order valence-corrected chi connectivity index (χ4v) is 7.87. The number of nitriles is 1. The standard InChI is InChI=1S/C47H37F6N3/c1-44(2,3)28-15-18-33-31-11-7-9-13-37(31)55(39(33)24-28)41-21-27(26-54)22-42(43(41)35-20-17-30(46(48,49)50)23-36(35)47(51,52)53)56-38-14-10-8-12-32(38)34-19-16-29(25-40(34)56)45(4,5)6/h7-25H,1-6H3. The zero-order valence-corrected chi connectivity index (χ0v) is 31.6. The van der Waals surface area contributed by atoms with Crippen molar-refractivity contribution in [2.45, 2.75) is 64.7 Å². The summed E-state index contributed by atoms with van der Waals surface area (Å²) in [5, 5.41) is 14.0. The van der Waals surface area contributed by atoms with Gasteiger partial charge in [-0.15, -0.1) is 0 Å². The molecule has 9 heteroatoms.